The van der Waals surface area contributed by atoms with E-state index >= 15 is 0 Å². The zero-order valence-electron chi connectivity index (χ0n) is 10.9. The second kappa shape index (κ2) is 6.02. The van der Waals surface area contributed by atoms with Crippen molar-refractivity contribution in [2.45, 2.75) is 64.3 Å². The summed E-state index contributed by atoms with van der Waals surface area (Å²) in [7, 11) is 0. The van der Waals surface area contributed by atoms with E-state index in [1.165, 1.54) is 71.0 Å². The van der Waals surface area contributed by atoms with Crippen LogP contribution in [-0.2, 0) is 0 Å². The van der Waals surface area contributed by atoms with Gasteiger partial charge >= 0.3 is 0 Å². The molecular formula is C14H28N2. The summed E-state index contributed by atoms with van der Waals surface area (Å²) in [4.78, 5) is 0. The van der Waals surface area contributed by atoms with Gasteiger partial charge in [-0.25, -0.2) is 0 Å². The second-order valence-corrected chi connectivity index (χ2v) is 5.82. The van der Waals surface area contributed by atoms with Crippen molar-refractivity contribution < 1.29 is 0 Å². The molecule has 0 aromatic heterocycles. The molecule has 2 fully saturated rings. The first kappa shape index (κ1) is 12.4. The molecule has 0 spiro atoms. The number of hydrogen-bond acceptors (Lipinski definition) is 2. The van der Waals surface area contributed by atoms with Crippen LogP contribution in [0, 0.1) is 5.41 Å². The normalized spacial score (nSPS) is 30.2. The first-order valence-corrected chi connectivity index (χ1v) is 7.29. The molecule has 2 aliphatic rings. The Morgan fingerprint density at radius 2 is 1.94 bits per heavy atom. The van der Waals surface area contributed by atoms with Crippen molar-refractivity contribution in [3.05, 3.63) is 0 Å². The Morgan fingerprint density at radius 1 is 1.12 bits per heavy atom. The molecule has 1 saturated carbocycles. The van der Waals surface area contributed by atoms with E-state index in [4.69, 9.17) is 0 Å². The SMILES string of the molecule is CCC1(CNC2CCCNCC2)CCCC1. The van der Waals surface area contributed by atoms with Gasteiger partial charge in [-0.05, 0) is 57.0 Å². The maximum Gasteiger partial charge on any atom is 0.00798 e. The molecule has 94 valence electrons. The molecule has 0 radical (unpaired) electrons. The Hall–Kier alpha value is -0.0800. The Morgan fingerprint density at radius 3 is 2.69 bits per heavy atom. The zero-order chi connectivity index (χ0) is 11.3. The smallest absolute Gasteiger partial charge is 0.00798 e. The van der Waals surface area contributed by atoms with Gasteiger partial charge in [0.2, 0.25) is 0 Å². The van der Waals surface area contributed by atoms with Gasteiger partial charge in [0.1, 0.15) is 0 Å². The van der Waals surface area contributed by atoms with Crippen molar-refractivity contribution in [2.75, 3.05) is 19.6 Å². The monoisotopic (exact) mass is 224 g/mol. The quantitative estimate of drug-likeness (QED) is 0.767. The third-order valence-electron chi connectivity index (χ3n) is 4.76. The lowest BCUT2D eigenvalue weighted by atomic mass is 9.83. The average Bonchev–Trinajstić information content (AvgIpc) is 2.63. The first-order chi connectivity index (χ1) is 7.85. The van der Waals surface area contributed by atoms with E-state index < -0.39 is 0 Å². The molecule has 2 rings (SSSR count). The van der Waals surface area contributed by atoms with Gasteiger partial charge in [0.15, 0.2) is 0 Å². The highest BCUT2D eigenvalue weighted by atomic mass is 15.0. The first-order valence-electron chi connectivity index (χ1n) is 7.29. The summed E-state index contributed by atoms with van der Waals surface area (Å²) in [5.74, 6) is 0. The Labute approximate surface area is 101 Å². The Balaban J connectivity index is 1.76. The Bertz CT molecular complexity index is 189. The van der Waals surface area contributed by atoms with Crippen LogP contribution >= 0.6 is 0 Å². The lowest BCUT2D eigenvalue weighted by Gasteiger charge is -2.30. The van der Waals surface area contributed by atoms with Crippen LogP contribution in [0.1, 0.15) is 58.3 Å². The molecule has 1 unspecified atom stereocenters. The summed E-state index contributed by atoms with van der Waals surface area (Å²) >= 11 is 0. The van der Waals surface area contributed by atoms with E-state index in [9.17, 15) is 0 Å². The molecule has 1 aliphatic carbocycles. The van der Waals surface area contributed by atoms with Crippen LogP contribution in [0.25, 0.3) is 0 Å². The van der Waals surface area contributed by atoms with Crippen LogP contribution in [0.2, 0.25) is 0 Å². The molecule has 0 aromatic rings. The highest BCUT2D eigenvalue weighted by Crippen LogP contribution is 2.40. The van der Waals surface area contributed by atoms with Crippen molar-refractivity contribution in [2.24, 2.45) is 5.41 Å². The van der Waals surface area contributed by atoms with Gasteiger partial charge in [-0.15, -0.1) is 0 Å². The van der Waals surface area contributed by atoms with E-state index in [1.807, 2.05) is 0 Å². The average molecular weight is 224 g/mol. The third kappa shape index (κ3) is 3.21. The van der Waals surface area contributed by atoms with Gasteiger partial charge in [-0.3, -0.25) is 0 Å². The van der Waals surface area contributed by atoms with Crippen LogP contribution in [0.3, 0.4) is 0 Å². The zero-order valence-corrected chi connectivity index (χ0v) is 10.9. The minimum atomic E-state index is 0.653. The predicted octanol–water partition coefficient (Wildman–Crippen LogP) is 2.69. The molecule has 1 saturated heterocycles. The van der Waals surface area contributed by atoms with E-state index in [0.29, 0.717) is 5.41 Å². The second-order valence-electron chi connectivity index (χ2n) is 5.82. The maximum atomic E-state index is 3.86. The predicted molar refractivity (Wildman–Crippen MR) is 69.7 cm³/mol. The topological polar surface area (TPSA) is 24.1 Å². The molecule has 0 aromatic carbocycles. The minimum absolute atomic E-state index is 0.653. The van der Waals surface area contributed by atoms with E-state index in [2.05, 4.69) is 17.6 Å². The maximum absolute atomic E-state index is 3.86. The summed E-state index contributed by atoms with van der Waals surface area (Å²) in [5.41, 5.74) is 0.653. The molecule has 2 N–H and O–H groups in total. The lowest BCUT2D eigenvalue weighted by molar-refractivity contribution is 0.251. The number of rotatable bonds is 4. The van der Waals surface area contributed by atoms with E-state index in [-0.39, 0.29) is 0 Å². The van der Waals surface area contributed by atoms with Crippen molar-refractivity contribution in [1.82, 2.24) is 10.6 Å². The molecule has 1 heterocycles. The van der Waals surface area contributed by atoms with Gasteiger partial charge in [-0.1, -0.05) is 19.8 Å². The van der Waals surface area contributed by atoms with Crippen molar-refractivity contribution in [3.8, 4) is 0 Å². The van der Waals surface area contributed by atoms with Crippen molar-refractivity contribution >= 4 is 0 Å². The van der Waals surface area contributed by atoms with Crippen molar-refractivity contribution in [3.63, 3.8) is 0 Å². The number of hydrogen-bond donors (Lipinski definition) is 2. The Kier molecular flexibility index (Phi) is 4.66. The fourth-order valence-corrected chi connectivity index (χ4v) is 3.36. The molecular weight excluding hydrogens is 196 g/mol. The molecule has 16 heavy (non-hydrogen) atoms. The highest BCUT2D eigenvalue weighted by molar-refractivity contribution is 4.87. The molecule has 0 bridgehead atoms. The van der Waals surface area contributed by atoms with Gasteiger partial charge < -0.3 is 10.6 Å². The summed E-state index contributed by atoms with van der Waals surface area (Å²) < 4.78 is 0. The summed E-state index contributed by atoms with van der Waals surface area (Å²) in [6.07, 6.45) is 11.2. The molecule has 2 nitrogen and oxygen atoms in total. The summed E-state index contributed by atoms with van der Waals surface area (Å²) in [6, 6.07) is 0.777. The van der Waals surface area contributed by atoms with Gasteiger partial charge in [-0.2, -0.15) is 0 Å². The standard InChI is InChI=1S/C14H28N2/c1-2-14(8-3-4-9-14)12-16-13-6-5-10-15-11-7-13/h13,15-16H,2-12H2,1H3. The molecule has 1 atom stereocenters. The summed E-state index contributed by atoms with van der Waals surface area (Å²) in [6.45, 7) is 6.07. The summed E-state index contributed by atoms with van der Waals surface area (Å²) in [5, 5.41) is 7.34. The fourth-order valence-electron chi connectivity index (χ4n) is 3.36. The van der Waals surface area contributed by atoms with Crippen LogP contribution in [0.15, 0.2) is 0 Å². The third-order valence-corrected chi connectivity index (χ3v) is 4.76. The highest BCUT2D eigenvalue weighted by Gasteiger charge is 2.32. The van der Waals surface area contributed by atoms with Crippen LogP contribution < -0.4 is 10.6 Å². The van der Waals surface area contributed by atoms with E-state index in [1.54, 1.807) is 0 Å². The molecule has 0 amide bonds. The van der Waals surface area contributed by atoms with Crippen LogP contribution in [0.5, 0.6) is 0 Å². The van der Waals surface area contributed by atoms with E-state index in [0.717, 1.165) is 6.04 Å². The van der Waals surface area contributed by atoms with Gasteiger partial charge in [0.25, 0.3) is 0 Å². The van der Waals surface area contributed by atoms with Crippen LogP contribution in [0.4, 0.5) is 0 Å². The fraction of sp³-hybridized carbons (Fsp3) is 1.00. The number of nitrogens with one attached hydrogen (secondary N) is 2. The largest absolute Gasteiger partial charge is 0.317 e. The lowest BCUT2D eigenvalue weighted by Crippen LogP contribution is -2.38. The van der Waals surface area contributed by atoms with Gasteiger partial charge in [0.05, 0.1) is 0 Å². The molecule has 1 aliphatic heterocycles. The molecule has 2 heteroatoms. The van der Waals surface area contributed by atoms with Crippen molar-refractivity contribution in [1.29, 1.82) is 0 Å². The van der Waals surface area contributed by atoms with Gasteiger partial charge in [0, 0.05) is 12.6 Å². The van der Waals surface area contributed by atoms with Crippen LogP contribution in [-0.4, -0.2) is 25.7 Å². The minimum Gasteiger partial charge on any atom is -0.317 e.